The van der Waals surface area contributed by atoms with Crippen LogP contribution in [0.1, 0.15) is 19.1 Å². The van der Waals surface area contributed by atoms with Crippen LogP contribution in [0.5, 0.6) is 0 Å². The van der Waals surface area contributed by atoms with E-state index in [0.29, 0.717) is 10.7 Å². The Labute approximate surface area is 96.4 Å². The van der Waals surface area contributed by atoms with Gasteiger partial charge in [0.25, 0.3) is 0 Å². The maximum atomic E-state index is 12.7. The highest BCUT2D eigenvalue weighted by Gasteiger charge is 2.44. The van der Waals surface area contributed by atoms with Gasteiger partial charge in [0.05, 0.1) is 6.26 Å². The van der Waals surface area contributed by atoms with Gasteiger partial charge in [-0.05, 0) is 19.4 Å². The van der Waals surface area contributed by atoms with E-state index in [2.05, 4.69) is 0 Å². The zero-order valence-electron chi connectivity index (χ0n) is 9.04. The van der Waals surface area contributed by atoms with Crippen molar-refractivity contribution in [1.29, 1.82) is 0 Å². The van der Waals surface area contributed by atoms with Crippen LogP contribution in [0.2, 0.25) is 0 Å². The SMILES string of the molecule is CCC(N)C(Sc1ccoc1C)C(F)(F)F. The first-order chi connectivity index (χ1) is 7.36. The lowest BCUT2D eigenvalue weighted by Gasteiger charge is -2.24. The average Bonchev–Trinajstić information content (AvgIpc) is 2.57. The lowest BCUT2D eigenvalue weighted by Crippen LogP contribution is -2.42. The molecule has 0 amide bonds. The van der Waals surface area contributed by atoms with Gasteiger partial charge in [-0.2, -0.15) is 13.2 Å². The average molecular weight is 253 g/mol. The van der Waals surface area contributed by atoms with Crippen molar-refractivity contribution in [3.05, 3.63) is 18.1 Å². The number of thioether (sulfide) groups is 1. The molecule has 6 heteroatoms. The molecule has 2 atom stereocenters. The largest absolute Gasteiger partial charge is 0.468 e. The van der Waals surface area contributed by atoms with E-state index in [1.54, 1.807) is 13.8 Å². The van der Waals surface area contributed by atoms with Gasteiger partial charge in [0.2, 0.25) is 0 Å². The molecule has 0 spiro atoms. The summed E-state index contributed by atoms with van der Waals surface area (Å²) in [6, 6.07) is 0.625. The molecule has 0 aromatic carbocycles. The standard InChI is InChI=1S/C10H14F3NOS/c1-3-7(14)9(10(11,12)13)16-8-4-5-15-6(8)2/h4-5,7,9H,3,14H2,1-2H3. The summed E-state index contributed by atoms with van der Waals surface area (Å²) in [6.45, 7) is 3.28. The van der Waals surface area contributed by atoms with Crippen LogP contribution in [-0.2, 0) is 0 Å². The maximum Gasteiger partial charge on any atom is 0.402 e. The van der Waals surface area contributed by atoms with E-state index in [9.17, 15) is 13.2 Å². The Morgan fingerprint density at radius 1 is 1.50 bits per heavy atom. The Morgan fingerprint density at radius 2 is 2.12 bits per heavy atom. The van der Waals surface area contributed by atoms with Crippen LogP contribution in [0.25, 0.3) is 0 Å². The van der Waals surface area contributed by atoms with E-state index < -0.39 is 17.5 Å². The van der Waals surface area contributed by atoms with Crippen molar-refractivity contribution in [3.8, 4) is 0 Å². The fourth-order valence-electron chi connectivity index (χ4n) is 1.24. The number of halogens is 3. The van der Waals surface area contributed by atoms with Gasteiger partial charge in [0.15, 0.2) is 0 Å². The number of hydrogen-bond donors (Lipinski definition) is 1. The van der Waals surface area contributed by atoms with Crippen molar-refractivity contribution in [3.63, 3.8) is 0 Å². The van der Waals surface area contributed by atoms with Crippen molar-refractivity contribution in [2.24, 2.45) is 5.73 Å². The molecule has 0 saturated heterocycles. The summed E-state index contributed by atoms with van der Waals surface area (Å²) in [5.41, 5.74) is 5.50. The fraction of sp³-hybridized carbons (Fsp3) is 0.600. The molecule has 2 unspecified atom stereocenters. The molecule has 2 nitrogen and oxygen atoms in total. The van der Waals surface area contributed by atoms with Crippen LogP contribution in [-0.4, -0.2) is 17.5 Å². The van der Waals surface area contributed by atoms with Crippen LogP contribution >= 0.6 is 11.8 Å². The van der Waals surface area contributed by atoms with Crippen molar-refractivity contribution < 1.29 is 17.6 Å². The van der Waals surface area contributed by atoms with E-state index in [-0.39, 0.29) is 6.42 Å². The minimum Gasteiger partial charge on any atom is -0.468 e. The number of nitrogens with two attached hydrogens (primary N) is 1. The van der Waals surface area contributed by atoms with E-state index in [1.165, 1.54) is 12.3 Å². The Hall–Kier alpha value is -0.620. The molecule has 0 aliphatic rings. The molecule has 0 aliphatic carbocycles. The summed E-state index contributed by atoms with van der Waals surface area (Å²) in [5, 5.41) is -1.59. The molecular weight excluding hydrogens is 239 g/mol. The minimum atomic E-state index is -4.30. The summed E-state index contributed by atoms with van der Waals surface area (Å²) in [4.78, 5) is 0.492. The molecule has 1 aromatic rings. The molecule has 0 fully saturated rings. The monoisotopic (exact) mass is 253 g/mol. The van der Waals surface area contributed by atoms with Gasteiger partial charge in [0.1, 0.15) is 11.0 Å². The second-order valence-corrected chi connectivity index (χ2v) is 4.68. The van der Waals surface area contributed by atoms with E-state index in [1.807, 2.05) is 0 Å². The lowest BCUT2D eigenvalue weighted by atomic mass is 10.1. The zero-order valence-corrected chi connectivity index (χ0v) is 9.86. The van der Waals surface area contributed by atoms with Gasteiger partial charge in [-0.15, -0.1) is 11.8 Å². The van der Waals surface area contributed by atoms with E-state index >= 15 is 0 Å². The molecular formula is C10H14F3NOS. The first-order valence-corrected chi connectivity index (χ1v) is 5.77. The fourth-order valence-corrected chi connectivity index (χ4v) is 2.37. The van der Waals surface area contributed by atoms with Crippen molar-refractivity contribution in [1.82, 2.24) is 0 Å². The molecule has 1 heterocycles. The van der Waals surface area contributed by atoms with Gasteiger partial charge in [-0.25, -0.2) is 0 Å². The summed E-state index contributed by atoms with van der Waals surface area (Å²) in [6.07, 6.45) is -2.64. The highest BCUT2D eigenvalue weighted by molar-refractivity contribution is 8.00. The molecule has 0 saturated carbocycles. The van der Waals surface area contributed by atoms with Crippen LogP contribution < -0.4 is 5.73 Å². The quantitative estimate of drug-likeness (QED) is 0.836. The third kappa shape index (κ3) is 3.18. The summed E-state index contributed by atoms with van der Waals surface area (Å²) < 4.78 is 43.2. The van der Waals surface area contributed by atoms with Gasteiger partial charge in [-0.3, -0.25) is 0 Å². The smallest absolute Gasteiger partial charge is 0.402 e. The third-order valence-electron chi connectivity index (χ3n) is 2.25. The summed E-state index contributed by atoms with van der Waals surface area (Å²) in [7, 11) is 0. The molecule has 0 bridgehead atoms. The molecule has 1 rings (SSSR count). The second kappa shape index (κ2) is 5.14. The number of aryl methyl sites for hydroxylation is 1. The van der Waals surface area contributed by atoms with Gasteiger partial charge in [-0.1, -0.05) is 6.92 Å². The molecule has 0 radical (unpaired) electrons. The van der Waals surface area contributed by atoms with Crippen molar-refractivity contribution in [2.45, 2.75) is 42.6 Å². The van der Waals surface area contributed by atoms with E-state index in [0.717, 1.165) is 11.8 Å². The topological polar surface area (TPSA) is 39.2 Å². The minimum absolute atomic E-state index is 0.286. The maximum absolute atomic E-state index is 12.7. The zero-order chi connectivity index (χ0) is 12.3. The summed E-state index contributed by atoms with van der Waals surface area (Å²) in [5.74, 6) is 0.488. The predicted molar refractivity (Wildman–Crippen MR) is 57.4 cm³/mol. The molecule has 0 aliphatic heterocycles. The Kier molecular flexibility index (Phi) is 4.32. The molecule has 2 N–H and O–H groups in total. The van der Waals surface area contributed by atoms with Crippen molar-refractivity contribution >= 4 is 11.8 Å². The van der Waals surface area contributed by atoms with E-state index in [4.69, 9.17) is 10.2 Å². The molecule has 16 heavy (non-hydrogen) atoms. The molecule has 1 aromatic heterocycles. The lowest BCUT2D eigenvalue weighted by molar-refractivity contribution is -0.132. The predicted octanol–water partition coefficient (Wildman–Crippen LogP) is 3.35. The highest BCUT2D eigenvalue weighted by Crippen LogP contribution is 2.38. The Bertz CT molecular complexity index is 337. The first-order valence-electron chi connectivity index (χ1n) is 4.89. The van der Waals surface area contributed by atoms with Crippen LogP contribution in [0, 0.1) is 6.92 Å². The van der Waals surface area contributed by atoms with Crippen LogP contribution in [0.3, 0.4) is 0 Å². The number of alkyl halides is 3. The Morgan fingerprint density at radius 3 is 2.50 bits per heavy atom. The second-order valence-electron chi connectivity index (χ2n) is 3.49. The number of furan rings is 1. The number of hydrogen-bond acceptors (Lipinski definition) is 3. The van der Waals surface area contributed by atoms with Gasteiger partial charge >= 0.3 is 6.18 Å². The number of rotatable bonds is 4. The highest BCUT2D eigenvalue weighted by atomic mass is 32.2. The molecule has 92 valence electrons. The summed E-state index contributed by atoms with van der Waals surface area (Å²) >= 11 is 0.718. The van der Waals surface area contributed by atoms with Gasteiger partial charge < -0.3 is 10.2 Å². The van der Waals surface area contributed by atoms with Crippen LogP contribution in [0.15, 0.2) is 21.6 Å². The third-order valence-corrected chi connectivity index (χ3v) is 3.80. The normalized spacial score (nSPS) is 16.1. The van der Waals surface area contributed by atoms with Gasteiger partial charge in [0, 0.05) is 10.9 Å². The Balaban J connectivity index is 2.84. The van der Waals surface area contributed by atoms with Crippen molar-refractivity contribution in [2.75, 3.05) is 0 Å². The van der Waals surface area contributed by atoms with Crippen LogP contribution in [0.4, 0.5) is 13.2 Å². The first kappa shape index (κ1) is 13.4.